The van der Waals surface area contributed by atoms with Crippen LogP contribution >= 0.6 is 23.1 Å². The second kappa shape index (κ2) is 8.14. The van der Waals surface area contributed by atoms with Gasteiger partial charge in [-0.1, -0.05) is 24.3 Å². The van der Waals surface area contributed by atoms with E-state index in [1.54, 1.807) is 17.4 Å². The molecule has 0 bridgehead atoms. The molecule has 1 N–H and O–H groups in total. The molecular formula is C22H19N3O3S3. The summed E-state index contributed by atoms with van der Waals surface area (Å²) in [5.41, 5.74) is 3.11. The number of nitrogens with zero attached hydrogens (tertiary/aromatic N) is 2. The van der Waals surface area contributed by atoms with Gasteiger partial charge in [0.05, 0.1) is 22.8 Å². The Balaban J connectivity index is 1.30. The number of amides is 1. The third-order valence-corrected chi connectivity index (χ3v) is 9.24. The van der Waals surface area contributed by atoms with Gasteiger partial charge in [0.15, 0.2) is 14.8 Å². The number of aromatic nitrogens is 2. The molecule has 0 saturated carbocycles. The zero-order valence-corrected chi connectivity index (χ0v) is 18.8. The van der Waals surface area contributed by atoms with E-state index in [-0.39, 0.29) is 22.7 Å². The van der Waals surface area contributed by atoms with Crippen LogP contribution in [0.4, 0.5) is 5.69 Å². The number of nitrogens with one attached hydrogen (secondary N) is 1. The molecule has 158 valence electrons. The number of fused-ring (bicyclic) bond motifs is 1. The van der Waals surface area contributed by atoms with Crippen LogP contribution in [0.25, 0.3) is 16.2 Å². The number of anilines is 1. The molecule has 0 aliphatic carbocycles. The van der Waals surface area contributed by atoms with Crippen molar-refractivity contribution in [2.45, 2.75) is 16.6 Å². The molecule has 3 heterocycles. The average molecular weight is 470 g/mol. The molecule has 0 radical (unpaired) electrons. The molecule has 1 atom stereocenters. The fourth-order valence-electron chi connectivity index (χ4n) is 3.58. The highest BCUT2D eigenvalue weighted by Crippen LogP contribution is 2.33. The molecule has 6 nitrogen and oxygen atoms in total. The lowest BCUT2D eigenvalue weighted by Crippen LogP contribution is -2.14. The summed E-state index contributed by atoms with van der Waals surface area (Å²) in [6.45, 7) is 0. The Bertz CT molecular complexity index is 1330. The quantitative estimate of drug-likeness (QED) is 0.462. The maximum absolute atomic E-state index is 12.9. The van der Waals surface area contributed by atoms with Crippen LogP contribution in [0.5, 0.6) is 0 Å². The summed E-state index contributed by atoms with van der Waals surface area (Å²) in [5, 5.41) is 4.93. The Kier molecular flexibility index (Phi) is 5.33. The van der Waals surface area contributed by atoms with E-state index in [0.717, 1.165) is 21.1 Å². The van der Waals surface area contributed by atoms with Crippen molar-refractivity contribution in [3.8, 4) is 11.3 Å². The summed E-state index contributed by atoms with van der Waals surface area (Å²) in [6.07, 6.45) is 4.58. The highest BCUT2D eigenvalue weighted by molar-refractivity contribution is 8.02. The SMILES string of the molecule is O=C(Nc1ccc(-c2cn3ccsc3n2)cc1)c1ccccc1SC1CCS(=O)(=O)C1. The van der Waals surface area contributed by atoms with Gasteiger partial charge in [-0.3, -0.25) is 9.20 Å². The Labute approximate surface area is 188 Å². The number of rotatable bonds is 5. The second-order valence-corrected chi connectivity index (χ2v) is 11.8. The monoisotopic (exact) mass is 469 g/mol. The second-order valence-electron chi connectivity index (χ2n) is 7.39. The van der Waals surface area contributed by atoms with E-state index < -0.39 is 9.84 Å². The molecule has 2 aromatic heterocycles. The zero-order valence-electron chi connectivity index (χ0n) is 16.4. The summed E-state index contributed by atoms with van der Waals surface area (Å²) in [7, 11) is -2.96. The third-order valence-electron chi connectivity index (χ3n) is 5.15. The highest BCUT2D eigenvalue weighted by Gasteiger charge is 2.29. The number of imidazole rings is 1. The van der Waals surface area contributed by atoms with Gasteiger partial charge in [0.25, 0.3) is 5.91 Å². The van der Waals surface area contributed by atoms with Gasteiger partial charge in [-0.2, -0.15) is 0 Å². The number of sulfone groups is 1. The Hall–Kier alpha value is -2.62. The lowest BCUT2D eigenvalue weighted by Gasteiger charge is -2.13. The van der Waals surface area contributed by atoms with E-state index in [1.165, 1.54) is 11.8 Å². The van der Waals surface area contributed by atoms with Gasteiger partial charge < -0.3 is 5.32 Å². The molecule has 31 heavy (non-hydrogen) atoms. The predicted octanol–water partition coefficient (Wildman–Crippen LogP) is 4.59. The van der Waals surface area contributed by atoms with Gasteiger partial charge in [-0.05, 0) is 30.7 Å². The van der Waals surface area contributed by atoms with E-state index in [2.05, 4.69) is 10.3 Å². The fourth-order valence-corrected chi connectivity index (χ4v) is 7.91. The van der Waals surface area contributed by atoms with Crippen LogP contribution in [0.1, 0.15) is 16.8 Å². The van der Waals surface area contributed by atoms with Crippen LogP contribution in [-0.2, 0) is 9.84 Å². The average Bonchev–Trinajstić information content (AvgIpc) is 3.44. The summed E-state index contributed by atoms with van der Waals surface area (Å²) in [4.78, 5) is 19.3. The van der Waals surface area contributed by atoms with Crippen LogP contribution in [-0.4, -0.2) is 40.5 Å². The molecule has 2 aromatic carbocycles. The first-order valence-electron chi connectivity index (χ1n) is 9.77. The molecular weight excluding hydrogens is 450 g/mol. The first kappa shape index (κ1) is 20.3. The largest absolute Gasteiger partial charge is 0.322 e. The van der Waals surface area contributed by atoms with Gasteiger partial charge in [-0.25, -0.2) is 13.4 Å². The highest BCUT2D eigenvalue weighted by atomic mass is 32.2. The van der Waals surface area contributed by atoms with Crippen molar-refractivity contribution in [3.05, 3.63) is 71.9 Å². The van der Waals surface area contributed by atoms with Crippen molar-refractivity contribution < 1.29 is 13.2 Å². The lowest BCUT2D eigenvalue weighted by atomic mass is 10.1. The van der Waals surface area contributed by atoms with Crippen molar-refractivity contribution in [1.82, 2.24) is 9.38 Å². The van der Waals surface area contributed by atoms with E-state index in [0.29, 0.717) is 17.7 Å². The standard InChI is InChI=1S/C22H19N3O3S3/c26-21(18-3-1-2-4-20(18)30-17-9-12-31(27,28)14-17)23-16-7-5-15(6-8-16)19-13-25-10-11-29-22(25)24-19/h1-8,10-11,13,17H,9,12,14H2,(H,23,26). The summed E-state index contributed by atoms with van der Waals surface area (Å²) >= 11 is 3.06. The molecule has 4 aromatic rings. The van der Waals surface area contributed by atoms with E-state index in [4.69, 9.17) is 0 Å². The number of thioether (sulfide) groups is 1. The number of benzene rings is 2. The first-order valence-corrected chi connectivity index (χ1v) is 13.3. The van der Waals surface area contributed by atoms with Crippen molar-refractivity contribution in [3.63, 3.8) is 0 Å². The fraction of sp³-hybridized carbons (Fsp3) is 0.182. The van der Waals surface area contributed by atoms with Crippen LogP contribution in [0.3, 0.4) is 0 Å². The van der Waals surface area contributed by atoms with Crippen LogP contribution in [0.2, 0.25) is 0 Å². The van der Waals surface area contributed by atoms with Crippen LogP contribution in [0, 0.1) is 0 Å². The van der Waals surface area contributed by atoms with Crippen LogP contribution in [0.15, 0.2) is 71.2 Å². The van der Waals surface area contributed by atoms with E-state index >= 15 is 0 Å². The topological polar surface area (TPSA) is 80.5 Å². The molecule has 1 aliphatic rings. The molecule has 1 amide bonds. The lowest BCUT2D eigenvalue weighted by molar-refractivity contribution is 0.102. The summed E-state index contributed by atoms with van der Waals surface area (Å²) in [6, 6.07) is 14.9. The molecule has 1 unspecified atom stereocenters. The number of hydrogen-bond donors (Lipinski definition) is 1. The van der Waals surface area contributed by atoms with Crippen molar-refractivity contribution >= 4 is 49.5 Å². The smallest absolute Gasteiger partial charge is 0.256 e. The number of hydrogen-bond acceptors (Lipinski definition) is 6. The zero-order chi connectivity index (χ0) is 21.4. The number of carbonyl (C=O) groups is 1. The van der Waals surface area contributed by atoms with E-state index in [9.17, 15) is 13.2 Å². The summed E-state index contributed by atoms with van der Waals surface area (Å²) in [5.74, 6) is 0.181. The van der Waals surface area contributed by atoms with Gasteiger partial charge in [0.1, 0.15) is 0 Å². The molecule has 1 fully saturated rings. The van der Waals surface area contributed by atoms with Crippen LogP contribution < -0.4 is 5.32 Å². The Morgan fingerprint density at radius 2 is 1.97 bits per heavy atom. The third kappa shape index (κ3) is 4.39. The van der Waals surface area contributed by atoms with Gasteiger partial charge >= 0.3 is 0 Å². The minimum absolute atomic E-state index is 0.0113. The predicted molar refractivity (Wildman–Crippen MR) is 126 cm³/mol. The Morgan fingerprint density at radius 3 is 2.71 bits per heavy atom. The minimum Gasteiger partial charge on any atom is -0.322 e. The molecule has 1 aliphatic heterocycles. The van der Waals surface area contributed by atoms with Crippen molar-refractivity contribution in [1.29, 1.82) is 0 Å². The maximum atomic E-state index is 12.9. The molecule has 1 saturated heterocycles. The van der Waals surface area contributed by atoms with E-state index in [1.807, 2.05) is 64.6 Å². The number of thiazole rings is 1. The Morgan fingerprint density at radius 1 is 1.16 bits per heavy atom. The van der Waals surface area contributed by atoms with Gasteiger partial charge in [0, 0.05) is 39.2 Å². The van der Waals surface area contributed by atoms with Gasteiger partial charge in [-0.15, -0.1) is 23.1 Å². The molecule has 0 spiro atoms. The van der Waals surface area contributed by atoms with Crippen molar-refractivity contribution in [2.75, 3.05) is 16.8 Å². The normalized spacial score (nSPS) is 17.7. The minimum atomic E-state index is -2.96. The summed E-state index contributed by atoms with van der Waals surface area (Å²) < 4.78 is 25.5. The maximum Gasteiger partial charge on any atom is 0.256 e. The molecule has 9 heteroatoms. The first-order chi connectivity index (χ1) is 15.0. The van der Waals surface area contributed by atoms with Gasteiger partial charge in [0.2, 0.25) is 0 Å². The van der Waals surface area contributed by atoms with Crippen molar-refractivity contribution in [2.24, 2.45) is 0 Å². The molecule has 5 rings (SSSR count). The number of carbonyl (C=O) groups excluding carboxylic acids is 1.